The minimum absolute atomic E-state index is 0.173. The van der Waals surface area contributed by atoms with Crippen molar-refractivity contribution in [1.82, 2.24) is 14.8 Å². The molecule has 1 aromatic carbocycles. The molecule has 0 fully saturated rings. The van der Waals surface area contributed by atoms with E-state index in [2.05, 4.69) is 15.4 Å². The zero-order chi connectivity index (χ0) is 13.0. The molecule has 0 unspecified atom stereocenters. The summed E-state index contributed by atoms with van der Waals surface area (Å²) in [6, 6.07) is 5.13. The lowest BCUT2D eigenvalue weighted by Gasteiger charge is -2.10. The number of aromatic nitrogens is 3. The highest BCUT2D eigenvalue weighted by Gasteiger charge is 2.09. The van der Waals surface area contributed by atoms with Crippen molar-refractivity contribution >= 4 is 34.8 Å². The molecule has 0 bridgehead atoms. The summed E-state index contributed by atoms with van der Waals surface area (Å²) in [5, 5.41) is 7.29. The Morgan fingerprint density at radius 2 is 2.28 bits per heavy atom. The van der Waals surface area contributed by atoms with Gasteiger partial charge in [-0.05, 0) is 18.2 Å². The molecule has 7 heteroatoms. The Kier molecular flexibility index (Phi) is 4.17. The fourth-order valence-electron chi connectivity index (χ4n) is 1.44. The van der Waals surface area contributed by atoms with Crippen LogP contribution in [0.25, 0.3) is 5.69 Å². The van der Waals surface area contributed by atoms with Gasteiger partial charge >= 0.3 is 0 Å². The van der Waals surface area contributed by atoms with Crippen LogP contribution in [0.5, 0.6) is 0 Å². The van der Waals surface area contributed by atoms with E-state index in [4.69, 9.17) is 23.2 Å². The maximum atomic E-state index is 11.6. The summed E-state index contributed by atoms with van der Waals surface area (Å²) < 4.78 is 1.55. The van der Waals surface area contributed by atoms with Gasteiger partial charge in [-0.25, -0.2) is 9.67 Å². The first-order valence-corrected chi connectivity index (χ1v) is 6.12. The molecule has 1 aromatic heterocycles. The van der Waals surface area contributed by atoms with Crippen molar-refractivity contribution < 1.29 is 4.79 Å². The second kappa shape index (κ2) is 5.84. The van der Waals surface area contributed by atoms with Crippen LogP contribution in [-0.2, 0) is 4.79 Å². The third-order valence-electron chi connectivity index (χ3n) is 2.22. The van der Waals surface area contributed by atoms with Crippen LogP contribution < -0.4 is 5.32 Å². The molecule has 1 heterocycles. The van der Waals surface area contributed by atoms with Crippen molar-refractivity contribution in [1.29, 1.82) is 0 Å². The number of anilines is 1. The van der Waals surface area contributed by atoms with E-state index in [0.717, 1.165) is 0 Å². The zero-order valence-electron chi connectivity index (χ0n) is 9.31. The van der Waals surface area contributed by atoms with Gasteiger partial charge in [0.2, 0.25) is 5.91 Å². The summed E-state index contributed by atoms with van der Waals surface area (Å²) >= 11 is 11.4. The number of hydrogen-bond donors (Lipinski definition) is 1. The number of nitrogens with one attached hydrogen (secondary N) is 1. The molecule has 1 amide bonds. The van der Waals surface area contributed by atoms with E-state index in [9.17, 15) is 4.79 Å². The van der Waals surface area contributed by atoms with Crippen LogP contribution in [0, 0.1) is 0 Å². The van der Waals surface area contributed by atoms with Crippen LogP contribution in [0.2, 0.25) is 5.02 Å². The number of hydrogen-bond acceptors (Lipinski definition) is 3. The average Bonchev–Trinajstić information content (AvgIpc) is 2.83. The first-order chi connectivity index (χ1) is 8.70. The Balaban J connectivity index is 2.32. The molecule has 0 aliphatic carbocycles. The molecule has 1 N–H and O–H groups in total. The number of carbonyl (C=O) groups is 1. The van der Waals surface area contributed by atoms with Crippen molar-refractivity contribution in [2.24, 2.45) is 0 Å². The first-order valence-electron chi connectivity index (χ1n) is 5.21. The molecular formula is C11H10Cl2N4O. The smallest absolute Gasteiger partial charge is 0.225 e. The maximum Gasteiger partial charge on any atom is 0.225 e. The van der Waals surface area contributed by atoms with Crippen LogP contribution in [0.15, 0.2) is 30.9 Å². The van der Waals surface area contributed by atoms with E-state index >= 15 is 0 Å². The topological polar surface area (TPSA) is 59.8 Å². The van der Waals surface area contributed by atoms with Gasteiger partial charge in [0.1, 0.15) is 12.7 Å². The predicted octanol–water partition coefficient (Wildman–Crippen LogP) is 2.49. The normalized spacial score (nSPS) is 10.3. The standard InChI is InChI=1S/C11H10Cl2N4O/c12-4-3-11(18)16-9-5-8(13)1-2-10(9)17-7-14-6-15-17/h1-2,5-7H,3-4H2,(H,16,18). The molecule has 0 spiro atoms. The van der Waals surface area contributed by atoms with E-state index in [0.29, 0.717) is 16.4 Å². The fraction of sp³-hybridized carbons (Fsp3) is 0.182. The van der Waals surface area contributed by atoms with Crippen LogP contribution >= 0.6 is 23.2 Å². The summed E-state index contributed by atoms with van der Waals surface area (Å²) in [5.41, 5.74) is 1.27. The number of alkyl halides is 1. The second-order valence-corrected chi connectivity index (χ2v) is 4.30. The molecule has 0 aliphatic heterocycles. The first kappa shape index (κ1) is 12.9. The van der Waals surface area contributed by atoms with E-state index < -0.39 is 0 Å². The largest absolute Gasteiger partial charge is 0.324 e. The lowest BCUT2D eigenvalue weighted by Crippen LogP contribution is -2.14. The molecule has 94 valence electrons. The Hall–Kier alpha value is -1.59. The Morgan fingerprint density at radius 1 is 1.44 bits per heavy atom. The van der Waals surface area contributed by atoms with Gasteiger partial charge in [-0.15, -0.1) is 11.6 Å². The highest BCUT2D eigenvalue weighted by Crippen LogP contribution is 2.24. The van der Waals surface area contributed by atoms with Crippen LogP contribution in [0.4, 0.5) is 5.69 Å². The Morgan fingerprint density at radius 3 is 2.94 bits per heavy atom. The number of halogens is 2. The molecule has 0 aliphatic rings. The number of rotatable bonds is 4. The number of nitrogens with zero attached hydrogens (tertiary/aromatic N) is 3. The highest BCUT2D eigenvalue weighted by atomic mass is 35.5. The monoisotopic (exact) mass is 284 g/mol. The van der Waals surface area contributed by atoms with Crippen molar-refractivity contribution in [2.75, 3.05) is 11.2 Å². The molecule has 0 saturated heterocycles. The number of carbonyl (C=O) groups excluding carboxylic acids is 1. The Bertz CT molecular complexity index is 542. The third-order valence-corrected chi connectivity index (χ3v) is 2.64. The maximum absolute atomic E-state index is 11.6. The quantitative estimate of drug-likeness (QED) is 0.878. The molecular weight excluding hydrogens is 275 g/mol. The summed E-state index contributed by atoms with van der Waals surface area (Å²) in [6.07, 6.45) is 3.20. The van der Waals surface area contributed by atoms with Crippen LogP contribution in [-0.4, -0.2) is 26.6 Å². The minimum atomic E-state index is -0.173. The average molecular weight is 285 g/mol. The molecule has 0 saturated carbocycles. The van der Waals surface area contributed by atoms with Gasteiger partial charge in [-0.1, -0.05) is 11.6 Å². The van der Waals surface area contributed by atoms with Gasteiger partial charge in [0, 0.05) is 17.3 Å². The van der Waals surface area contributed by atoms with Gasteiger partial charge in [-0.3, -0.25) is 4.79 Å². The summed E-state index contributed by atoms with van der Waals surface area (Å²) in [4.78, 5) is 15.4. The lowest BCUT2D eigenvalue weighted by atomic mass is 10.2. The van der Waals surface area contributed by atoms with Crippen LogP contribution in [0.1, 0.15) is 6.42 Å². The van der Waals surface area contributed by atoms with Crippen molar-refractivity contribution in [3.05, 3.63) is 35.9 Å². The molecule has 2 rings (SSSR count). The summed E-state index contributed by atoms with van der Waals surface area (Å²) in [5.74, 6) is 0.0963. The summed E-state index contributed by atoms with van der Waals surface area (Å²) in [6.45, 7) is 0. The second-order valence-electron chi connectivity index (χ2n) is 3.49. The van der Waals surface area contributed by atoms with Gasteiger partial charge in [-0.2, -0.15) is 5.10 Å². The van der Waals surface area contributed by atoms with E-state index in [1.807, 2.05) is 0 Å². The van der Waals surface area contributed by atoms with Crippen molar-refractivity contribution in [3.8, 4) is 5.69 Å². The fourth-order valence-corrected chi connectivity index (χ4v) is 1.78. The predicted molar refractivity (Wildman–Crippen MR) is 70.3 cm³/mol. The van der Waals surface area contributed by atoms with Crippen molar-refractivity contribution in [3.63, 3.8) is 0 Å². The van der Waals surface area contributed by atoms with Gasteiger partial charge in [0.25, 0.3) is 0 Å². The molecule has 0 atom stereocenters. The zero-order valence-corrected chi connectivity index (χ0v) is 10.8. The number of benzene rings is 1. The number of amides is 1. The molecule has 18 heavy (non-hydrogen) atoms. The third kappa shape index (κ3) is 3.00. The van der Waals surface area contributed by atoms with Gasteiger partial charge in [0.15, 0.2) is 0 Å². The highest BCUT2D eigenvalue weighted by molar-refractivity contribution is 6.31. The Labute approximate surface area is 114 Å². The minimum Gasteiger partial charge on any atom is -0.324 e. The summed E-state index contributed by atoms with van der Waals surface area (Å²) in [7, 11) is 0. The van der Waals surface area contributed by atoms with E-state index in [-0.39, 0.29) is 18.2 Å². The lowest BCUT2D eigenvalue weighted by molar-refractivity contribution is -0.115. The van der Waals surface area contributed by atoms with Gasteiger partial charge in [0.05, 0.1) is 11.4 Å². The molecule has 2 aromatic rings. The molecule has 5 nitrogen and oxygen atoms in total. The van der Waals surface area contributed by atoms with Crippen molar-refractivity contribution in [2.45, 2.75) is 6.42 Å². The molecule has 0 radical (unpaired) electrons. The van der Waals surface area contributed by atoms with Crippen LogP contribution in [0.3, 0.4) is 0 Å². The van der Waals surface area contributed by atoms with Gasteiger partial charge < -0.3 is 5.32 Å². The van der Waals surface area contributed by atoms with E-state index in [1.54, 1.807) is 29.2 Å². The van der Waals surface area contributed by atoms with E-state index in [1.165, 1.54) is 6.33 Å². The SMILES string of the molecule is O=C(CCCl)Nc1cc(Cl)ccc1-n1cncn1.